The van der Waals surface area contributed by atoms with Crippen molar-refractivity contribution in [3.8, 4) is 0 Å². The van der Waals surface area contributed by atoms with E-state index in [2.05, 4.69) is 11.4 Å². The number of anilines is 1. The molecule has 1 aliphatic heterocycles. The van der Waals surface area contributed by atoms with E-state index in [1.807, 2.05) is 25.1 Å². The molecule has 1 saturated heterocycles. The average molecular weight is 240 g/mol. The van der Waals surface area contributed by atoms with Crippen LogP contribution >= 0.6 is 8.81 Å². The lowest BCUT2D eigenvalue weighted by Crippen LogP contribution is -2.44. The van der Waals surface area contributed by atoms with E-state index in [-0.39, 0.29) is 21.2 Å². The van der Waals surface area contributed by atoms with Gasteiger partial charge in [0, 0.05) is 14.5 Å². The Hall–Kier alpha value is -0.670. The van der Waals surface area contributed by atoms with Gasteiger partial charge >= 0.3 is 0 Å². The van der Waals surface area contributed by atoms with Crippen LogP contribution in [-0.4, -0.2) is 34.8 Å². The van der Waals surface area contributed by atoms with Gasteiger partial charge in [-0.05, 0) is 24.6 Å². The molecule has 4 unspecified atom stereocenters. The zero-order valence-electron chi connectivity index (χ0n) is 8.97. The molecule has 1 radical (unpaired) electrons. The predicted octanol–water partition coefficient (Wildman–Crippen LogP) is 0.879. The second-order valence-corrected chi connectivity index (χ2v) is 5.00. The Morgan fingerprint density at radius 1 is 1.56 bits per heavy atom. The smallest absolute Gasteiger partial charge is 0.108 e. The molecule has 1 aromatic rings. The number of hydrogen-bond acceptors (Lipinski definition) is 4. The maximum absolute atomic E-state index is 9.79. The monoisotopic (exact) mass is 240 g/mol. The molecular weight excluding hydrogens is 225 g/mol. The molecular formula is C11H15NO3P. The number of aryl methyl sites for hydroxylation is 1. The molecule has 1 aliphatic rings. The lowest BCUT2D eigenvalue weighted by molar-refractivity contribution is -0.0166. The summed E-state index contributed by atoms with van der Waals surface area (Å²) in [7, 11) is 0.146. The SMILES string of the molecule is Cc1cc[c]cc1NC1POCC(O)C1O. The van der Waals surface area contributed by atoms with Crippen LogP contribution in [0.5, 0.6) is 0 Å². The highest BCUT2D eigenvalue weighted by Gasteiger charge is 2.31. The minimum atomic E-state index is -0.813. The van der Waals surface area contributed by atoms with Gasteiger partial charge in [-0.3, -0.25) is 0 Å². The number of rotatable bonds is 2. The van der Waals surface area contributed by atoms with E-state index in [9.17, 15) is 10.2 Å². The zero-order valence-corrected chi connectivity index (χ0v) is 9.97. The van der Waals surface area contributed by atoms with E-state index in [0.717, 1.165) is 11.3 Å². The summed E-state index contributed by atoms with van der Waals surface area (Å²) < 4.78 is 5.22. The summed E-state index contributed by atoms with van der Waals surface area (Å²) in [4.78, 5) is 0. The van der Waals surface area contributed by atoms with E-state index in [4.69, 9.17) is 4.52 Å². The minimum Gasteiger partial charge on any atom is -0.388 e. The average Bonchev–Trinajstić information content (AvgIpc) is 2.28. The quantitative estimate of drug-likeness (QED) is 0.671. The maximum Gasteiger partial charge on any atom is 0.108 e. The third-order valence-electron chi connectivity index (χ3n) is 2.59. The Kier molecular flexibility index (Phi) is 3.77. The van der Waals surface area contributed by atoms with Crippen molar-refractivity contribution < 1.29 is 14.7 Å². The van der Waals surface area contributed by atoms with Gasteiger partial charge in [0.15, 0.2) is 0 Å². The molecule has 0 aliphatic carbocycles. The lowest BCUT2D eigenvalue weighted by atomic mass is 10.1. The second kappa shape index (κ2) is 5.11. The molecule has 4 nitrogen and oxygen atoms in total. The summed E-state index contributed by atoms with van der Waals surface area (Å²) in [5.41, 5.74) is 1.99. The molecule has 87 valence electrons. The number of aliphatic hydroxyl groups excluding tert-OH is 2. The van der Waals surface area contributed by atoms with Crippen molar-refractivity contribution in [2.24, 2.45) is 0 Å². The summed E-state index contributed by atoms with van der Waals surface area (Å²) in [6.07, 6.45) is -1.60. The normalized spacial score (nSPS) is 31.6. The molecule has 0 saturated carbocycles. The first-order valence-electron chi connectivity index (χ1n) is 5.15. The molecule has 0 bridgehead atoms. The molecule has 16 heavy (non-hydrogen) atoms. The summed E-state index contributed by atoms with van der Waals surface area (Å²) in [6, 6.07) is 8.58. The third-order valence-corrected chi connectivity index (χ3v) is 3.67. The Balaban J connectivity index is 2.06. The Labute approximate surface area is 96.5 Å². The van der Waals surface area contributed by atoms with Crippen molar-refractivity contribution in [3.63, 3.8) is 0 Å². The highest BCUT2D eigenvalue weighted by Crippen LogP contribution is 2.32. The van der Waals surface area contributed by atoms with Crippen LogP contribution in [0.4, 0.5) is 5.69 Å². The van der Waals surface area contributed by atoms with Gasteiger partial charge in [0.25, 0.3) is 0 Å². The number of nitrogens with one attached hydrogen (secondary N) is 1. The van der Waals surface area contributed by atoms with Crippen LogP contribution in [-0.2, 0) is 4.52 Å². The van der Waals surface area contributed by atoms with Crippen LogP contribution in [0.1, 0.15) is 5.56 Å². The van der Waals surface area contributed by atoms with Crippen molar-refractivity contribution in [3.05, 3.63) is 29.8 Å². The fourth-order valence-electron chi connectivity index (χ4n) is 1.56. The molecule has 5 heteroatoms. The summed E-state index contributed by atoms with van der Waals surface area (Å²) in [6.45, 7) is 2.18. The number of aliphatic hydroxyl groups is 2. The highest BCUT2D eigenvalue weighted by atomic mass is 31.1. The fourth-order valence-corrected chi connectivity index (χ4v) is 2.58. The Morgan fingerprint density at radius 3 is 3.12 bits per heavy atom. The van der Waals surface area contributed by atoms with Crippen molar-refractivity contribution in [2.45, 2.75) is 24.9 Å². The maximum atomic E-state index is 9.79. The zero-order chi connectivity index (χ0) is 11.5. The first-order chi connectivity index (χ1) is 7.68. The molecule has 3 N–H and O–H groups in total. The van der Waals surface area contributed by atoms with E-state index >= 15 is 0 Å². The van der Waals surface area contributed by atoms with Gasteiger partial charge in [-0.25, -0.2) is 0 Å². The van der Waals surface area contributed by atoms with Crippen LogP contribution < -0.4 is 5.32 Å². The van der Waals surface area contributed by atoms with E-state index in [1.165, 1.54) is 0 Å². The molecule has 2 rings (SSSR count). The van der Waals surface area contributed by atoms with E-state index < -0.39 is 12.2 Å². The Bertz CT molecular complexity index is 361. The van der Waals surface area contributed by atoms with Gasteiger partial charge in [-0.1, -0.05) is 12.1 Å². The molecule has 4 atom stereocenters. The first-order valence-corrected chi connectivity index (χ1v) is 6.14. The van der Waals surface area contributed by atoms with Crippen molar-refractivity contribution in [1.29, 1.82) is 0 Å². The largest absolute Gasteiger partial charge is 0.388 e. The van der Waals surface area contributed by atoms with Gasteiger partial charge in [0.1, 0.15) is 12.2 Å². The standard InChI is InChI=1S/C11H15NO3P/c1-7-4-2-3-5-8(7)12-11-10(14)9(13)6-15-16-11/h2,4-5,9-14,16H,6H2,1H3. The van der Waals surface area contributed by atoms with Gasteiger partial charge in [-0.15, -0.1) is 0 Å². The molecule has 0 spiro atoms. The minimum absolute atomic E-state index is 0.146. The van der Waals surface area contributed by atoms with E-state index in [0.29, 0.717) is 0 Å². The van der Waals surface area contributed by atoms with Crippen LogP contribution in [0.25, 0.3) is 0 Å². The Morgan fingerprint density at radius 2 is 2.38 bits per heavy atom. The summed E-state index contributed by atoms with van der Waals surface area (Å²) >= 11 is 0. The van der Waals surface area contributed by atoms with Crippen molar-refractivity contribution in [2.75, 3.05) is 11.9 Å². The first kappa shape index (κ1) is 11.8. The van der Waals surface area contributed by atoms with Crippen LogP contribution in [0.2, 0.25) is 0 Å². The second-order valence-electron chi connectivity index (χ2n) is 3.85. The molecule has 1 heterocycles. The van der Waals surface area contributed by atoms with Crippen LogP contribution in [0, 0.1) is 13.0 Å². The number of benzene rings is 1. The third kappa shape index (κ3) is 2.53. The van der Waals surface area contributed by atoms with E-state index in [1.54, 1.807) is 0 Å². The van der Waals surface area contributed by atoms with Gasteiger partial charge in [0.05, 0.1) is 12.4 Å². The predicted molar refractivity (Wildman–Crippen MR) is 63.7 cm³/mol. The van der Waals surface area contributed by atoms with Crippen molar-refractivity contribution in [1.82, 2.24) is 0 Å². The molecule has 0 aromatic heterocycles. The van der Waals surface area contributed by atoms with Crippen LogP contribution in [0.15, 0.2) is 18.2 Å². The van der Waals surface area contributed by atoms with Gasteiger partial charge < -0.3 is 20.1 Å². The topological polar surface area (TPSA) is 61.7 Å². The number of hydrogen-bond donors (Lipinski definition) is 3. The van der Waals surface area contributed by atoms with Gasteiger partial charge in [0.2, 0.25) is 0 Å². The molecule has 0 amide bonds. The molecule has 1 aromatic carbocycles. The van der Waals surface area contributed by atoms with Gasteiger partial charge in [-0.2, -0.15) is 0 Å². The summed E-state index contributed by atoms with van der Waals surface area (Å²) in [5.74, 6) is -0.252. The molecule has 1 fully saturated rings. The summed E-state index contributed by atoms with van der Waals surface area (Å²) in [5, 5.41) is 22.4. The lowest BCUT2D eigenvalue weighted by Gasteiger charge is -2.32. The fraction of sp³-hybridized carbons (Fsp3) is 0.455. The highest BCUT2D eigenvalue weighted by molar-refractivity contribution is 7.33. The van der Waals surface area contributed by atoms with Crippen molar-refractivity contribution >= 4 is 14.5 Å². The van der Waals surface area contributed by atoms with Crippen LogP contribution in [0.3, 0.4) is 0 Å².